The minimum Gasteiger partial charge on any atom is -0.457 e. The van der Waals surface area contributed by atoms with E-state index in [1.165, 1.54) is 17.7 Å². The lowest BCUT2D eigenvalue weighted by Gasteiger charge is -2.03. The molecule has 1 aliphatic rings. The zero-order valence-electron chi connectivity index (χ0n) is 16.2. The molecule has 30 heavy (non-hydrogen) atoms. The molecule has 1 aliphatic heterocycles. The van der Waals surface area contributed by atoms with Gasteiger partial charge in [0, 0.05) is 17.7 Å². The number of furan rings is 1. The van der Waals surface area contributed by atoms with E-state index in [1.54, 1.807) is 30.3 Å². The molecule has 150 valence electrons. The van der Waals surface area contributed by atoms with Gasteiger partial charge in [-0.05, 0) is 79.2 Å². The first kappa shape index (κ1) is 19.7. The van der Waals surface area contributed by atoms with Crippen LogP contribution in [0.2, 0.25) is 0 Å². The van der Waals surface area contributed by atoms with Gasteiger partial charge in [-0.3, -0.25) is 14.9 Å². The van der Waals surface area contributed by atoms with Crippen molar-refractivity contribution in [2.75, 3.05) is 0 Å². The zero-order valence-corrected chi connectivity index (χ0v) is 17.0. The van der Waals surface area contributed by atoms with Crippen molar-refractivity contribution in [2.24, 2.45) is 4.99 Å². The molecule has 2 heterocycles. The fourth-order valence-electron chi connectivity index (χ4n) is 2.90. The van der Waals surface area contributed by atoms with E-state index in [4.69, 9.17) is 4.42 Å². The van der Waals surface area contributed by atoms with Crippen LogP contribution in [0.1, 0.15) is 16.9 Å². The molecular weight excluding hydrogens is 402 g/mol. The van der Waals surface area contributed by atoms with Crippen molar-refractivity contribution in [3.05, 3.63) is 86.5 Å². The van der Waals surface area contributed by atoms with Gasteiger partial charge in [0.25, 0.3) is 10.9 Å². The van der Waals surface area contributed by atoms with E-state index in [-0.39, 0.29) is 10.9 Å². The second-order valence-electron chi connectivity index (χ2n) is 6.76. The van der Waals surface area contributed by atoms with Crippen LogP contribution in [0.5, 0.6) is 0 Å². The Hall–Kier alpha value is -3.65. The molecule has 1 aromatic heterocycles. The number of amides is 1. The van der Waals surface area contributed by atoms with Crippen LogP contribution in [-0.4, -0.2) is 16.0 Å². The van der Waals surface area contributed by atoms with Crippen LogP contribution in [0.4, 0.5) is 16.2 Å². The minimum atomic E-state index is -0.445. The van der Waals surface area contributed by atoms with Gasteiger partial charge < -0.3 is 9.73 Å². The number of nitro benzene ring substituents is 1. The summed E-state index contributed by atoms with van der Waals surface area (Å²) in [6.45, 7) is 4.05. The fraction of sp³-hybridized carbons (Fsp3) is 0.0909. The van der Waals surface area contributed by atoms with E-state index >= 15 is 0 Å². The summed E-state index contributed by atoms with van der Waals surface area (Å²) < 4.78 is 5.85. The highest BCUT2D eigenvalue weighted by atomic mass is 32.2. The van der Waals surface area contributed by atoms with Crippen LogP contribution >= 0.6 is 11.8 Å². The molecule has 0 spiro atoms. The molecule has 2 aromatic carbocycles. The molecule has 0 saturated carbocycles. The number of non-ortho nitro benzene ring substituents is 1. The molecule has 0 radical (unpaired) electrons. The first-order chi connectivity index (χ1) is 14.4. The lowest BCUT2D eigenvalue weighted by molar-refractivity contribution is -0.384. The summed E-state index contributed by atoms with van der Waals surface area (Å²) in [6, 6.07) is 15.6. The highest BCUT2D eigenvalue weighted by Crippen LogP contribution is 2.31. The van der Waals surface area contributed by atoms with E-state index in [0.29, 0.717) is 22.3 Å². The number of carbonyl (C=O) groups excluding carboxylic acids is 1. The van der Waals surface area contributed by atoms with Gasteiger partial charge in [0.2, 0.25) is 0 Å². The summed E-state index contributed by atoms with van der Waals surface area (Å²) in [5.74, 6) is 1.60. The van der Waals surface area contributed by atoms with Crippen molar-refractivity contribution in [1.82, 2.24) is 5.32 Å². The Kier molecular flexibility index (Phi) is 5.24. The van der Waals surface area contributed by atoms with Crippen molar-refractivity contribution < 1.29 is 14.1 Å². The molecular formula is C22H17N3O4S. The van der Waals surface area contributed by atoms with Crippen molar-refractivity contribution in [1.29, 1.82) is 0 Å². The van der Waals surface area contributed by atoms with E-state index < -0.39 is 4.92 Å². The number of nitrogens with zero attached hydrogens (tertiary/aromatic N) is 2. The number of hydrogen-bond donors (Lipinski definition) is 1. The predicted octanol–water partition coefficient (Wildman–Crippen LogP) is 6.00. The maximum Gasteiger partial charge on any atom is 0.289 e. The third-order valence-corrected chi connectivity index (χ3v) is 5.47. The Morgan fingerprint density at radius 3 is 2.53 bits per heavy atom. The second kappa shape index (κ2) is 8.00. The quantitative estimate of drug-likeness (QED) is 0.413. The number of carbonyl (C=O) groups is 1. The molecule has 0 aliphatic carbocycles. The highest BCUT2D eigenvalue weighted by Gasteiger charge is 2.24. The SMILES string of the molecule is Cc1ccc(N=C2NC(=O)SC2=Cc2ccc(-c3ccc([N+](=O)[O-])cc3)o2)cc1C. The molecule has 0 bridgehead atoms. The zero-order chi connectivity index (χ0) is 21.3. The third kappa shape index (κ3) is 4.18. The first-order valence-electron chi connectivity index (χ1n) is 9.10. The van der Waals surface area contributed by atoms with Gasteiger partial charge in [-0.1, -0.05) is 6.07 Å². The number of amidine groups is 1. The average Bonchev–Trinajstić information content (AvgIpc) is 3.31. The van der Waals surface area contributed by atoms with Crippen molar-refractivity contribution in [3.8, 4) is 11.3 Å². The molecule has 7 nitrogen and oxygen atoms in total. The summed E-state index contributed by atoms with van der Waals surface area (Å²) in [7, 11) is 0. The summed E-state index contributed by atoms with van der Waals surface area (Å²) >= 11 is 1.05. The molecule has 4 rings (SSSR count). The Morgan fingerprint density at radius 1 is 1.07 bits per heavy atom. The van der Waals surface area contributed by atoms with E-state index in [1.807, 2.05) is 32.0 Å². The lowest BCUT2D eigenvalue weighted by atomic mass is 10.1. The largest absolute Gasteiger partial charge is 0.457 e. The normalized spacial score (nSPS) is 16.3. The van der Waals surface area contributed by atoms with Gasteiger partial charge in [0.1, 0.15) is 17.4 Å². The number of thioether (sulfide) groups is 1. The maximum absolute atomic E-state index is 11.9. The van der Waals surface area contributed by atoms with Crippen LogP contribution in [0, 0.1) is 24.0 Å². The molecule has 1 fully saturated rings. The topological polar surface area (TPSA) is 97.7 Å². The first-order valence-corrected chi connectivity index (χ1v) is 9.92. The van der Waals surface area contributed by atoms with Gasteiger partial charge in [-0.25, -0.2) is 4.99 Å². The predicted molar refractivity (Wildman–Crippen MR) is 118 cm³/mol. The van der Waals surface area contributed by atoms with E-state index in [2.05, 4.69) is 10.3 Å². The van der Waals surface area contributed by atoms with Crippen LogP contribution in [-0.2, 0) is 0 Å². The number of benzene rings is 2. The van der Waals surface area contributed by atoms with Gasteiger partial charge >= 0.3 is 0 Å². The van der Waals surface area contributed by atoms with Crippen LogP contribution in [0.3, 0.4) is 0 Å². The number of hydrogen-bond acceptors (Lipinski definition) is 6. The van der Waals surface area contributed by atoms with Gasteiger partial charge in [0.15, 0.2) is 0 Å². The number of rotatable bonds is 4. The molecule has 1 saturated heterocycles. The van der Waals surface area contributed by atoms with Crippen LogP contribution < -0.4 is 5.32 Å². The summed E-state index contributed by atoms with van der Waals surface area (Å²) in [4.78, 5) is 27.5. The van der Waals surface area contributed by atoms with E-state index in [0.717, 1.165) is 28.6 Å². The number of aliphatic imine (C=N–C) groups is 1. The van der Waals surface area contributed by atoms with Crippen molar-refractivity contribution in [2.45, 2.75) is 13.8 Å². The average molecular weight is 419 g/mol. The second-order valence-corrected chi connectivity index (χ2v) is 7.77. The number of nitro groups is 1. The molecule has 0 unspecified atom stereocenters. The molecule has 3 aromatic rings. The standard InChI is InChI=1S/C22H17N3O4S/c1-13-3-6-16(11-14(13)2)23-21-20(30-22(26)24-21)12-18-9-10-19(29-18)15-4-7-17(8-5-15)25(27)28/h3-12H,1-2H3,(H,23,24,26). The lowest BCUT2D eigenvalue weighted by Crippen LogP contribution is -2.18. The highest BCUT2D eigenvalue weighted by molar-refractivity contribution is 8.18. The summed E-state index contributed by atoms with van der Waals surface area (Å²) in [5, 5.41) is 13.4. The van der Waals surface area contributed by atoms with Crippen LogP contribution in [0.15, 0.2) is 68.9 Å². The van der Waals surface area contributed by atoms with Gasteiger partial charge in [0.05, 0.1) is 15.5 Å². The number of nitrogens with one attached hydrogen (secondary N) is 1. The Morgan fingerprint density at radius 2 is 1.83 bits per heavy atom. The van der Waals surface area contributed by atoms with Crippen LogP contribution in [0.25, 0.3) is 17.4 Å². The summed E-state index contributed by atoms with van der Waals surface area (Å²) in [5.41, 5.74) is 3.80. The smallest absolute Gasteiger partial charge is 0.289 e. The Labute approximate surface area is 176 Å². The molecule has 1 N–H and O–H groups in total. The van der Waals surface area contributed by atoms with Gasteiger partial charge in [-0.2, -0.15) is 0 Å². The van der Waals surface area contributed by atoms with Crippen molar-refractivity contribution in [3.63, 3.8) is 0 Å². The van der Waals surface area contributed by atoms with E-state index in [9.17, 15) is 14.9 Å². The number of aryl methyl sites for hydroxylation is 2. The van der Waals surface area contributed by atoms with Crippen molar-refractivity contribution >= 4 is 40.3 Å². The molecule has 0 atom stereocenters. The Bertz CT molecular complexity index is 1210. The molecule has 8 heteroatoms. The summed E-state index contributed by atoms with van der Waals surface area (Å²) in [6.07, 6.45) is 1.75. The third-order valence-electron chi connectivity index (χ3n) is 4.65. The molecule has 1 amide bonds. The monoisotopic (exact) mass is 419 g/mol. The maximum atomic E-state index is 11.9. The van der Waals surface area contributed by atoms with Gasteiger partial charge in [-0.15, -0.1) is 0 Å². The minimum absolute atomic E-state index is 0.0202. The fourth-order valence-corrected chi connectivity index (χ4v) is 3.62. The Balaban J connectivity index is 1.61.